The van der Waals surface area contributed by atoms with Gasteiger partial charge in [-0.1, -0.05) is 24.3 Å². The predicted molar refractivity (Wildman–Crippen MR) is 101 cm³/mol. The number of rotatable bonds is 5. The number of carbonyl (C=O) groups excluding carboxylic acids is 1. The number of ether oxygens (including phenoxy) is 1. The van der Waals surface area contributed by atoms with Crippen molar-refractivity contribution in [2.24, 2.45) is 0 Å². The van der Waals surface area contributed by atoms with Crippen molar-refractivity contribution in [3.8, 4) is 5.75 Å². The predicted octanol–water partition coefficient (Wildman–Crippen LogP) is 3.28. The molecule has 1 fully saturated rings. The van der Waals surface area contributed by atoms with E-state index in [0.29, 0.717) is 19.5 Å². The molecule has 0 radical (unpaired) electrons. The van der Waals surface area contributed by atoms with Crippen LogP contribution in [0.4, 0.5) is 9.18 Å². The molecule has 1 saturated heterocycles. The zero-order chi connectivity index (χ0) is 19.2. The summed E-state index contributed by atoms with van der Waals surface area (Å²) in [6.07, 6.45) is 1.58. The normalized spacial score (nSPS) is 18.0. The van der Waals surface area contributed by atoms with E-state index in [1.165, 1.54) is 12.1 Å². The molecule has 6 heteroatoms. The lowest BCUT2D eigenvalue weighted by atomic mass is 9.98. The van der Waals surface area contributed by atoms with Gasteiger partial charge in [-0.2, -0.15) is 0 Å². The maximum Gasteiger partial charge on any atom is 0.317 e. The van der Waals surface area contributed by atoms with Gasteiger partial charge < -0.3 is 20.1 Å². The van der Waals surface area contributed by atoms with E-state index in [-0.39, 0.29) is 17.9 Å². The number of likely N-dealkylation sites (tertiary alicyclic amines) is 1. The minimum Gasteiger partial charge on any atom is -0.497 e. The molecule has 27 heavy (non-hydrogen) atoms. The van der Waals surface area contributed by atoms with Gasteiger partial charge in [0.05, 0.1) is 19.3 Å². The van der Waals surface area contributed by atoms with Crippen LogP contribution in [0.5, 0.6) is 5.75 Å². The van der Waals surface area contributed by atoms with Crippen LogP contribution in [0.15, 0.2) is 48.5 Å². The quantitative estimate of drug-likeness (QED) is 0.847. The fraction of sp³-hybridized carbons (Fsp3) is 0.381. The highest BCUT2D eigenvalue weighted by Crippen LogP contribution is 2.22. The molecule has 2 amide bonds. The minimum absolute atomic E-state index is 0.198. The molecule has 0 bridgehead atoms. The Balaban J connectivity index is 1.77. The van der Waals surface area contributed by atoms with Crippen molar-refractivity contribution in [2.45, 2.75) is 31.4 Å². The van der Waals surface area contributed by atoms with Gasteiger partial charge in [-0.3, -0.25) is 0 Å². The highest BCUT2D eigenvalue weighted by atomic mass is 19.1. The fourth-order valence-electron chi connectivity index (χ4n) is 3.32. The first-order chi connectivity index (χ1) is 13.0. The van der Waals surface area contributed by atoms with Crippen molar-refractivity contribution in [2.75, 3.05) is 20.2 Å². The van der Waals surface area contributed by atoms with Gasteiger partial charge in [0.1, 0.15) is 11.6 Å². The third kappa shape index (κ3) is 5.20. The van der Waals surface area contributed by atoms with Crippen molar-refractivity contribution >= 4 is 6.03 Å². The van der Waals surface area contributed by atoms with E-state index in [2.05, 4.69) is 5.32 Å². The Morgan fingerprint density at radius 2 is 1.96 bits per heavy atom. The van der Waals surface area contributed by atoms with Crippen molar-refractivity contribution in [1.29, 1.82) is 0 Å². The summed E-state index contributed by atoms with van der Waals surface area (Å²) in [6.45, 7) is 0.979. The van der Waals surface area contributed by atoms with Crippen LogP contribution in [0.25, 0.3) is 0 Å². The molecule has 3 rings (SSSR count). The van der Waals surface area contributed by atoms with Gasteiger partial charge in [-0.25, -0.2) is 9.18 Å². The molecule has 0 aliphatic carbocycles. The number of urea groups is 1. The summed E-state index contributed by atoms with van der Waals surface area (Å²) >= 11 is 0. The molecule has 0 saturated carbocycles. The number of aliphatic hydroxyl groups excluding tert-OH is 1. The molecule has 1 aliphatic rings. The summed E-state index contributed by atoms with van der Waals surface area (Å²) in [5.41, 5.74) is 1.86. The van der Waals surface area contributed by atoms with Gasteiger partial charge in [-0.05, 0) is 54.7 Å². The Morgan fingerprint density at radius 1 is 1.26 bits per heavy atom. The van der Waals surface area contributed by atoms with E-state index in [1.807, 2.05) is 24.3 Å². The summed E-state index contributed by atoms with van der Waals surface area (Å²) < 4.78 is 18.4. The van der Waals surface area contributed by atoms with Gasteiger partial charge in [-0.15, -0.1) is 0 Å². The van der Waals surface area contributed by atoms with Crippen LogP contribution in [0, 0.1) is 5.82 Å². The molecule has 2 aromatic carbocycles. The summed E-state index contributed by atoms with van der Waals surface area (Å²) in [4.78, 5) is 14.4. The molecule has 0 spiro atoms. The van der Waals surface area contributed by atoms with Crippen LogP contribution < -0.4 is 10.1 Å². The zero-order valence-electron chi connectivity index (χ0n) is 15.4. The van der Waals surface area contributed by atoms with Crippen LogP contribution in [-0.4, -0.2) is 42.3 Å². The number of benzene rings is 2. The first-order valence-electron chi connectivity index (χ1n) is 9.17. The number of hydrogen-bond donors (Lipinski definition) is 2. The van der Waals surface area contributed by atoms with Gasteiger partial charge in [0.25, 0.3) is 0 Å². The van der Waals surface area contributed by atoms with E-state index in [0.717, 1.165) is 29.7 Å². The first kappa shape index (κ1) is 19.2. The molecule has 2 atom stereocenters. The van der Waals surface area contributed by atoms with E-state index in [1.54, 1.807) is 24.1 Å². The minimum atomic E-state index is -0.471. The number of carbonyl (C=O) groups is 1. The topological polar surface area (TPSA) is 61.8 Å². The monoisotopic (exact) mass is 372 g/mol. The second kappa shape index (κ2) is 8.86. The van der Waals surface area contributed by atoms with Crippen molar-refractivity contribution in [1.82, 2.24) is 10.2 Å². The zero-order valence-corrected chi connectivity index (χ0v) is 15.4. The smallest absolute Gasteiger partial charge is 0.317 e. The number of nitrogens with zero attached hydrogens (tertiary/aromatic N) is 1. The van der Waals surface area contributed by atoms with Crippen LogP contribution in [0.1, 0.15) is 30.0 Å². The Bertz CT molecular complexity index is 749. The maximum atomic E-state index is 13.2. The van der Waals surface area contributed by atoms with Crippen molar-refractivity contribution in [3.05, 3.63) is 65.5 Å². The number of aliphatic hydroxyl groups is 1. The van der Waals surface area contributed by atoms with E-state index < -0.39 is 6.10 Å². The maximum absolute atomic E-state index is 13.2. The molecule has 0 aromatic heterocycles. The number of nitrogens with one attached hydrogen (secondary N) is 1. The van der Waals surface area contributed by atoms with Crippen molar-refractivity contribution < 1.29 is 19.0 Å². The lowest BCUT2D eigenvalue weighted by Crippen LogP contribution is -2.48. The number of piperidine rings is 1. The highest BCUT2D eigenvalue weighted by molar-refractivity contribution is 5.75. The molecule has 2 aromatic rings. The third-order valence-corrected chi connectivity index (χ3v) is 4.85. The summed E-state index contributed by atoms with van der Waals surface area (Å²) in [5, 5.41) is 12.9. The van der Waals surface area contributed by atoms with Crippen LogP contribution in [0.3, 0.4) is 0 Å². The standard InChI is InChI=1S/C21H25FN2O3/c1-27-19-10-6-16(7-11-19)20(13-15-4-8-17(22)9-5-15)23-21(26)24-12-2-3-18(25)14-24/h4-11,18,20,25H,2-3,12-14H2,1H3,(H,23,26). The number of halogens is 1. The number of methoxy groups -OCH3 is 1. The first-order valence-corrected chi connectivity index (χ1v) is 9.17. The van der Waals surface area contributed by atoms with Gasteiger partial charge in [0.2, 0.25) is 0 Å². The van der Waals surface area contributed by atoms with E-state index in [9.17, 15) is 14.3 Å². The average molecular weight is 372 g/mol. The Labute approximate surface area is 158 Å². The molecule has 144 valence electrons. The molecule has 1 heterocycles. The Hall–Kier alpha value is -2.60. The van der Waals surface area contributed by atoms with Crippen LogP contribution in [-0.2, 0) is 6.42 Å². The lowest BCUT2D eigenvalue weighted by molar-refractivity contribution is 0.0833. The second-order valence-corrected chi connectivity index (χ2v) is 6.85. The van der Waals surface area contributed by atoms with Gasteiger partial charge in [0, 0.05) is 13.1 Å². The largest absolute Gasteiger partial charge is 0.497 e. The molecule has 5 nitrogen and oxygen atoms in total. The Morgan fingerprint density at radius 3 is 2.59 bits per heavy atom. The molecule has 1 aliphatic heterocycles. The summed E-state index contributed by atoms with van der Waals surface area (Å²) in [5.74, 6) is 0.454. The van der Waals surface area contributed by atoms with Gasteiger partial charge >= 0.3 is 6.03 Å². The molecule has 2 unspecified atom stereocenters. The third-order valence-electron chi connectivity index (χ3n) is 4.85. The summed E-state index contributed by atoms with van der Waals surface area (Å²) in [7, 11) is 1.61. The second-order valence-electron chi connectivity index (χ2n) is 6.85. The average Bonchev–Trinajstić information content (AvgIpc) is 2.69. The number of amides is 2. The van der Waals surface area contributed by atoms with Crippen LogP contribution in [0.2, 0.25) is 0 Å². The highest BCUT2D eigenvalue weighted by Gasteiger charge is 2.24. The SMILES string of the molecule is COc1ccc(C(Cc2ccc(F)cc2)NC(=O)N2CCCC(O)C2)cc1. The Kier molecular flexibility index (Phi) is 6.29. The number of hydrogen-bond acceptors (Lipinski definition) is 3. The van der Waals surface area contributed by atoms with E-state index in [4.69, 9.17) is 4.74 Å². The van der Waals surface area contributed by atoms with Crippen LogP contribution >= 0.6 is 0 Å². The van der Waals surface area contributed by atoms with E-state index >= 15 is 0 Å². The molecular weight excluding hydrogens is 347 g/mol. The summed E-state index contributed by atoms with van der Waals surface area (Å²) in [6, 6.07) is 13.4. The lowest BCUT2D eigenvalue weighted by Gasteiger charge is -2.32. The number of β-amino-alcohol motifs (C(OH)–C–C–N with tert-alkyl or cyclic N) is 1. The molecular formula is C21H25FN2O3. The van der Waals surface area contributed by atoms with Crippen molar-refractivity contribution in [3.63, 3.8) is 0 Å². The van der Waals surface area contributed by atoms with Gasteiger partial charge in [0.15, 0.2) is 0 Å². The molecule has 2 N–H and O–H groups in total. The fourth-order valence-corrected chi connectivity index (χ4v) is 3.32.